The Morgan fingerprint density at radius 3 is 2.70 bits per heavy atom. The summed E-state index contributed by atoms with van der Waals surface area (Å²) < 4.78 is 11.1. The minimum absolute atomic E-state index is 0.0579. The van der Waals surface area contributed by atoms with E-state index in [0.717, 1.165) is 17.1 Å². The van der Waals surface area contributed by atoms with Crippen LogP contribution in [-0.2, 0) is 11.2 Å². The molecule has 0 spiro atoms. The number of amides is 1. The predicted molar refractivity (Wildman–Crippen MR) is 87.9 cm³/mol. The lowest BCUT2D eigenvalue weighted by Gasteiger charge is -2.13. The minimum Gasteiger partial charge on any atom is -0.490 e. The van der Waals surface area contributed by atoms with E-state index in [2.05, 4.69) is 10.6 Å². The van der Waals surface area contributed by atoms with Crippen LogP contribution in [0.15, 0.2) is 18.2 Å². The molecule has 6 heteroatoms. The van der Waals surface area contributed by atoms with Crippen LogP contribution in [0.5, 0.6) is 11.5 Å². The Morgan fingerprint density at radius 2 is 2.04 bits per heavy atom. The maximum atomic E-state index is 12.0. The van der Waals surface area contributed by atoms with Gasteiger partial charge in [-0.1, -0.05) is 6.07 Å². The minimum atomic E-state index is -0.425. The smallest absolute Gasteiger partial charge is 0.237 e. The van der Waals surface area contributed by atoms with E-state index in [1.54, 1.807) is 0 Å². The first-order valence-electron chi connectivity index (χ1n) is 8.21. The van der Waals surface area contributed by atoms with Gasteiger partial charge in [0, 0.05) is 13.1 Å². The summed E-state index contributed by atoms with van der Waals surface area (Å²) in [6.45, 7) is 6.08. The summed E-state index contributed by atoms with van der Waals surface area (Å²) in [5.74, 6) is 1.42. The van der Waals surface area contributed by atoms with Gasteiger partial charge >= 0.3 is 0 Å². The van der Waals surface area contributed by atoms with Crippen LogP contribution in [-0.4, -0.2) is 49.5 Å². The predicted octanol–water partition coefficient (Wildman–Crippen LogP) is 0.866. The van der Waals surface area contributed by atoms with Crippen LogP contribution in [0.25, 0.3) is 0 Å². The fraction of sp³-hybridized carbons (Fsp3) is 0.588. The highest BCUT2D eigenvalue weighted by Gasteiger charge is 2.27. The highest BCUT2D eigenvalue weighted by molar-refractivity contribution is 5.82. The quantitative estimate of drug-likeness (QED) is 0.662. The zero-order chi connectivity index (χ0) is 16.7. The number of aliphatic hydroxyl groups excluding tert-OH is 1. The summed E-state index contributed by atoms with van der Waals surface area (Å²) in [6.07, 6.45) is 0.766. The number of rotatable bonds is 8. The van der Waals surface area contributed by atoms with Crippen LogP contribution in [0.3, 0.4) is 0 Å². The number of nitrogens with one attached hydrogen (secondary N) is 2. The van der Waals surface area contributed by atoms with Crippen LogP contribution in [0.1, 0.15) is 25.8 Å². The average Bonchev–Trinajstić information content (AvgIpc) is 2.97. The first-order chi connectivity index (χ1) is 11.1. The third kappa shape index (κ3) is 5.11. The molecule has 1 aliphatic rings. The summed E-state index contributed by atoms with van der Waals surface area (Å²) in [4.78, 5) is 12.0. The number of hydrogen-bond acceptors (Lipinski definition) is 5. The Bertz CT molecular complexity index is 521. The standard InChI is InChI=1S/C17H26N2O4/c1-3-22-15-6-5-12(9-16(15)23-4-2)7-8-18-17(21)14-10-13(20)11-19-14/h5-6,9,13-14,19-20H,3-4,7-8,10-11H2,1-2H3,(H,18,21)/t13-,14+/m1/s1. The maximum absolute atomic E-state index is 12.0. The van der Waals surface area contributed by atoms with E-state index in [1.165, 1.54) is 0 Å². The molecule has 1 amide bonds. The van der Waals surface area contributed by atoms with Crippen molar-refractivity contribution < 1.29 is 19.4 Å². The molecule has 128 valence electrons. The number of hydrogen-bond donors (Lipinski definition) is 3. The van der Waals surface area contributed by atoms with E-state index in [1.807, 2.05) is 32.0 Å². The Balaban J connectivity index is 1.85. The lowest BCUT2D eigenvalue weighted by atomic mass is 10.1. The highest BCUT2D eigenvalue weighted by atomic mass is 16.5. The second-order valence-electron chi connectivity index (χ2n) is 5.54. The number of aliphatic hydroxyl groups is 1. The van der Waals surface area contributed by atoms with Crippen molar-refractivity contribution >= 4 is 5.91 Å². The first-order valence-corrected chi connectivity index (χ1v) is 8.21. The highest BCUT2D eigenvalue weighted by Crippen LogP contribution is 2.28. The molecule has 1 aromatic carbocycles. The van der Waals surface area contributed by atoms with Crippen molar-refractivity contribution in [2.75, 3.05) is 26.3 Å². The van der Waals surface area contributed by atoms with Crippen LogP contribution < -0.4 is 20.1 Å². The normalized spacial score (nSPS) is 20.3. The molecular formula is C17H26N2O4. The molecule has 0 aromatic heterocycles. The van der Waals surface area contributed by atoms with Crippen LogP contribution >= 0.6 is 0 Å². The summed E-state index contributed by atoms with van der Waals surface area (Å²) in [5, 5.41) is 15.3. The number of β-amino-alcohol motifs (C(OH)–C–C–N with tert-alkyl or cyclic N) is 1. The molecule has 0 aliphatic carbocycles. The summed E-state index contributed by atoms with van der Waals surface area (Å²) in [5.41, 5.74) is 1.08. The molecule has 2 atom stereocenters. The van der Waals surface area contributed by atoms with Gasteiger partial charge in [0.15, 0.2) is 11.5 Å². The van der Waals surface area contributed by atoms with Gasteiger partial charge in [-0.2, -0.15) is 0 Å². The second kappa shape index (κ2) is 8.74. The number of ether oxygens (including phenoxy) is 2. The zero-order valence-corrected chi connectivity index (χ0v) is 13.8. The number of carbonyl (C=O) groups is 1. The number of benzene rings is 1. The fourth-order valence-corrected chi connectivity index (χ4v) is 2.62. The van der Waals surface area contributed by atoms with Gasteiger partial charge in [0.05, 0.1) is 25.4 Å². The molecule has 0 radical (unpaired) electrons. The van der Waals surface area contributed by atoms with Gasteiger partial charge in [-0.3, -0.25) is 4.79 Å². The molecule has 1 saturated heterocycles. The maximum Gasteiger partial charge on any atom is 0.237 e. The molecule has 1 fully saturated rings. The van der Waals surface area contributed by atoms with E-state index in [-0.39, 0.29) is 11.9 Å². The van der Waals surface area contributed by atoms with Gasteiger partial charge in [0.1, 0.15) is 0 Å². The lowest BCUT2D eigenvalue weighted by Crippen LogP contribution is -2.41. The molecule has 23 heavy (non-hydrogen) atoms. The third-order valence-corrected chi connectivity index (χ3v) is 3.74. The van der Waals surface area contributed by atoms with E-state index in [4.69, 9.17) is 9.47 Å². The van der Waals surface area contributed by atoms with Gasteiger partial charge in [-0.05, 0) is 44.4 Å². The molecule has 6 nitrogen and oxygen atoms in total. The second-order valence-corrected chi connectivity index (χ2v) is 5.54. The summed E-state index contributed by atoms with van der Waals surface area (Å²) >= 11 is 0. The van der Waals surface area contributed by atoms with Crippen molar-refractivity contribution in [2.45, 2.75) is 38.8 Å². The molecule has 2 rings (SSSR count). The Hall–Kier alpha value is -1.79. The fourth-order valence-electron chi connectivity index (χ4n) is 2.62. The SMILES string of the molecule is CCOc1ccc(CCNC(=O)[C@@H]2C[C@@H](O)CN2)cc1OCC. The largest absolute Gasteiger partial charge is 0.490 e. The van der Waals surface area contributed by atoms with Gasteiger partial charge < -0.3 is 25.2 Å². The van der Waals surface area contributed by atoms with E-state index < -0.39 is 6.10 Å². The van der Waals surface area contributed by atoms with Crippen molar-refractivity contribution in [3.05, 3.63) is 23.8 Å². The third-order valence-electron chi connectivity index (χ3n) is 3.74. The lowest BCUT2D eigenvalue weighted by molar-refractivity contribution is -0.122. The van der Waals surface area contributed by atoms with Crippen molar-refractivity contribution in [1.82, 2.24) is 10.6 Å². The summed E-state index contributed by atoms with van der Waals surface area (Å²) in [7, 11) is 0. The van der Waals surface area contributed by atoms with E-state index in [0.29, 0.717) is 39.1 Å². The van der Waals surface area contributed by atoms with Gasteiger partial charge in [0.2, 0.25) is 5.91 Å². The molecule has 0 unspecified atom stereocenters. The van der Waals surface area contributed by atoms with Crippen molar-refractivity contribution in [3.63, 3.8) is 0 Å². The summed E-state index contributed by atoms with van der Waals surface area (Å²) in [6, 6.07) is 5.56. The molecule has 1 heterocycles. The van der Waals surface area contributed by atoms with Crippen molar-refractivity contribution in [2.24, 2.45) is 0 Å². The van der Waals surface area contributed by atoms with Crippen molar-refractivity contribution in [1.29, 1.82) is 0 Å². The first kappa shape index (κ1) is 17.6. The Labute approximate surface area is 137 Å². The average molecular weight is 322 g/mol. The van der Waals surface area contributed by atoms with E-state index >= 15 is 0 Å². The van der Waals surface area contributed by atoms with Crippen LogP contribution in [0, 0.1) is 0 Å². The topological polar surface area (TPSA) is 79.8 Å². The molecule has 3 N–H and O–H groups in total. The monoisotopic (exact) mass is 322 g/mol. The van der Waals surface area contributed by atoms with Crippen LogP contribution in [0.4, 0.5) is 0 Å². The molecular weight excluding hydrogens is 296 g/mol. The van der Waals surface area contributed by atoms with Crippen LogP contribution in [0.2, 0.25) is 0 Å². The molecule has 1 aromatic rings. The Kier molecular flexibility index (Phi) is 6.67. The van der Waals surface area contributed by atoms with Crippen molar-refractivity contribution in [3.8, 4) is 11.5 Å². The Morgan fingerprint density at radius 1 is 1.30 bits per heavy atom. The molecule has 0 saturated carbocycles. The van der Waals surface area contributed by atoms with Gasteiger partial charge in [-0.25, -0.2) is 0 Å². The molecule has 0 bridgehead atoms. The van der Waals surface area contributed by atoms with E-state index in [9.17, 15) is 9.90 Å². The van der Waals surface area contributed by atoms with Gasteiger partial charge in [-0.15, -0.1) is 0 Å². The number of carbonyl (C=O) groups excluding carboxylic acids is 1. The zero-order valence-electron chi connectivity index (χ0n) is 13.8. The molecule has 1 aliphatic heterocycles. The van der Waals surface area contributed by atoms with Gasteiger partial charge in [0.25, 0.3) is 0 Å².